The summed E-state index contributed by atoms with van der Waals surface area (Å²) in [7, 11) is 1.84. The lowest BCUT2D eigenvalue weighted by atomic mass is 10.1. The van der Waals surface area contributed by atoms with Crippen molar-refractivity contribution >= 4 is 35.0 Å². The standard InChI is InChI=1S/C15H14Cl2N2O2/c1-9(10-4-3-5-11(16)6-10)19(2)14-7-12(15(20)21)13(17)8-18-14/h3-9H,1-2H3,(H,20,21). The highest BCUT2D eigenvalue weighted by molar-refractivity contribution is 6.33. The molecular weight excluding hydrogens is 311 g/mol. The Hall–Kier alpha value is -1.78. The number of nitrogens with zero attached hydrogens (tertiary/aromatic N) is 2. The van der Waals surface area contributed by atoms with Gasteiger partial charge >= 0.3 is 5.97 Å². The zero-order chi connectivity index (χ0) is 15.6. The van der Waals surface area contributed by atoms with Gasteiger partial charge in [-0.3, -0.25) is 0 Å². The Morgan fingerprint density at radius 2 is 2.05 bits per heavy atom. The highest BCUT2D eigenvalue weighted by Gasteiger charge is 2.17. The molecule has 1 aromatic heterocycles. The fraction of sp³-hybridized carbons (Fsp3) is 0.200. The number of carboxylic acid groups (broad SMARTS) is 1. The summed E-state index contributed by atoms with van der Waals surface area (Å²) in [5.41, 5.74) is 1.05. The van der Waals surface area contributed by atoms with Crippen molar-refractivity contribution in [2.75, 3.05) is 11.9 Å². The van der Waals surface area contributed by atoms with Gasteiger partial charge in [0.15, 0.2) is 0 Å². The van der Waals surface area contributed by atoms with Crippen molar-refractivity contribution in [3.63, 3.8) is 0 Å². The highest BCUT2D eigenvalue weighted by atomic mass is 35.5. The summed E-state index contributed by atoms with van der Waals surface area (Å²) < 4.78 is 0. The molecule has 2 aromatic rings. The molecule has 21 heavy (non-hydrogen) atoms. The van der Waals surface area contributed by atoms with E-state index in [2.05, 4.69) is 4.98 Å². The number of anilines is 1. The molecule has 1 atom stereocenters. The van der Waals surface area contributed by atoms with Crippen LogP contribution in [0.15, 0.2) is 36.5 Å². The first kappa shape index (κ1) is 15.6. The Kier molecular flexibility index (Phi) is 4.70. The molecule has 0 bridgehead atoms. The van der Waals surface area contributed by atoms with Gasteiger partial charge in [-0.25, -0.2) is 9.78 Å². The molecule has 0 spiro atoms. The lowest BCUT2D eigenvalue weighted by Crippen LogP contribution is -2.23. The number of carboxylic acids is 1. The minimum Gasteiger partial charge on any atom is -0.478 e. The molecule has 0 fully saturated rings. The fourth-order valence-corrected chi connectivity index (χ4v) is 2.36. The summed E-state index contributed by atoms with van der Waals surface area (Å²) in [6.45, 7) is 1.99. The lowest BCUT2D eigenvalue weighted by molar-refractivity contribution is 0.0697. The first-order valence-corrected chi connectivity index (χ1v) is 7.03. The third kappa shape index (κ3) is 3.46. The van der Waals surface area contributed by atoms with Crippen LogP contribution in [0.25, 0.3) is 0 Å². The van der Waals surface area contributed by atoms with Gasteiger partial charge in [0.1, 0.15) is 5.82 Å². The van der Waals surface area contributed by atoms with Gasteiger partial charge in [0, 0.05) is 18.3 Å². The minimum atomic E-state index is -1.08. The Morgan fingerprint density at radius 1 is 1.33 bits per heavy atom. The molecule has 0 aliphatic heterocycles. The Morgan fingerprint density at radius 3 is 2.67 bits per heavy atom. The summed E-state index contributed by atoms with van der Waals surface area (Å²) >= 11 is 11.8. The molecule has 4 nitrogen and oxygen atoms in total. The molecule has 0 saturated carbocycles. The summed E-state index contributed by atoms with van der Waals surface area (Å²) in [4.78, 5) is 17.2. The summed E-state index contributed by atoms with van der Waals surface area (Å²) in [5.74, 6) is -0.545. The minimum absolute atomic E-state index is 0.0148. The van der Waals surface area contributed by atoms with E-state index in [1.165, 1.54) is 12.3 Å². The van der Waals surface area contributed by atoms with Gasteiger partial charge < -0.3 is 10.0 Å². The Bertz CT molecular complexity index is 676. The first-order valence-electron chi connectivity index (χ1n) is 6.27. The third-order valence-corrected chi connectivity index (χ3v) is 3.88. The van der Waals surface area contributed by atoms with E-state index in [1.807, 2.05) is 37.1 Å². The molecule has 0 aliphatic carbocycles. The number of halogens is 2. The second kappa shape index (κ2) is 6.33. The molecule has 0 aliphatic rings. The van der Waals surface area contributed by atoms with Gasteiger partial charge in [-0.05, 0) is 30.7 Å². The van der Waals surface area contributed by atoms with E-state index in [-0.39, 0.29) is 16.6 Å². The van der Waals surface area contributed by atoms with Gasteiger partial charge in [-0.1, -0.05) is 35.3 Å². The highest BCUT2D eigenvalue weighted by Crippen LogP contribution is 2.27. The van der Waals surface area contributed by atoms with E-state index in [0.29, 0.717) is 10.8 Å². The molecule has 2 rings (SSSR count). The van der Waals surface area contributed by atoms with Crippen LogP contribution in [0, 0.1) is 0 Å². The van der Waals surface area contributed by atoms with Crippen molar-refractivity contribution < 1.29 is 9.90 Å². The average molecular weight is 325 g/mol. The number of hydrogen-bond acceptors (Lipinski definition) is 3. The third-order valence-electron chi connectivity index (χ3n) is 3.34. The molecule has 0 amide bonds. The van der Waals surface area contributed by atoms with Crippen molar-refractivity contribution in [3.05, 3.63) is 57.7 Å². The van der Waals surface area contributed by atoms with E-state index in [4.69, 9.17) is 28.3 Å². The summed E-state index contributed by atoms with van der Waals surface area (Å²) in [5, 5.41) is 9.89. The van der Waals surface area contributed by atoms with Gasteiger partial charge in [-0.15, -0.1) is 0 Å². The topological polar surface area (TPSA) is 53.4 Å². The van der Waals surface area contributed by atoms with Crippen molar-refractivity contribution in [3.8, 4) is 0 Å². The second-order valence-corrected chi connectivity index (χ2v) is 5.51. The maximum absolute atomic E-state index is 11.1. The predicted octanol–water partition coefficient (Wildman–Crippen LogP) is 4.28. The predicted molar refractivity (Wildman–Crippen MR) is 84.5 cm³/mol. The molecule has 0 radical (unpaired) electrons. The normalized spacial score (nSPS) is 12.0. The van der Waals surface area contributed by atoms with E-state index in [9.17, 15) is 4.79 Å². The summed E-state index contributed by atoms with van der Waals surface area (Å²) in [6, 6.07) is 8.96. The number of aromatic nitrogens is 1. The van der Waals surface area contributed by atoms with Gasteiger partial charge in [0.05, 0.1) is 16.6 Å². The number of hydrogen-bond donors (Lipinski definition) is 1. The van der Waals surface area contributed by atoms with Crippen molar-refractivity contribution in [2.24, 2.45) is 0 Å². The number of rotatable bonds is 4. The molecule has 1 heterocycles. The van der Waals surface area contributed by atoms with Gasteiger partial charge in [0.25, 0.3) is 0 Å². The maximum atomic E-state index is 11.1. The summed E-state index contributed by atoms with van der Waals surface area (Å²) in [6.07, 6.45) is 1.35. The quantitative estimate of drug-likeness (QED) is 0.911. The van der Waals surface area contributed by atoms with Crippen LogP contribution in [0.3, 0.4) is 0 Å². The zero-order valence-corrected chi connectivity index (χ0v) is 13.1. The van der Waals surface area contributed by atoms with E-state index < -0.39 is 5.97 Å². The monoisotopic (exact) mass is 324 g/mol. The second-order valence-electron chi connectivity index (χ2n) is 4.67. The molecule has 1 unspecified atom stereocenters. The smallest absolute Gasteiger partial charge is 0.337 e. The molecule has 1 N–H and O–H groups in total. The maximum Gasteiger partial charge on any atom is 0.337 e. The molecular formula is C15H14Cl2N2O2. The largest absolute Gasteiger partial charge is 0.478 e. The Balaban J connectivity index is 2.33. The number of pyridine rings is 1. The average Bonchev–Trinajstić information content (AvgIpc) is 2.46. The van der Waals surface area contributed by atoms with Crippen LogP contribution in [0.5, 0.6) is 0 Å². The molecule has 6 heteroatoms. The molecule has 1 aromatic carbocycles. The Labute approximate surface area is 132 Å². The lowest BCUT2D eigenvalue weighted by Gasteiger charge is -2.26. The van der Waals surface area contributed by atoms with Gasteiger partial charge in [0.2, 0.25) is 0 Å². The first-order chi connectivity index (χ1) is 9.90. The van der Waals surface area contributed by atoms with Crippen molar-refractivity contribution in [2.45, 2.75) is 13.0 Å². The van der Waals surface area contributed by atoms with Crippen LogP contribution >= 0.6 is 23.2 Å². The van der Waals surface area contributed by atoms with Crippen molar-refractivity contribution in [1.82, 2.24) is 4.98 Å². The van der Waals surface area contributed by atoms with E-state index in [1.54, 1.807) is 6.07 Å². The number of benzene rings is 1. The fourth-order valence-electron chi connectivity index (χ4n) is 1.97. The van der Waals surface area contributed by atoms with Crippen LogP contribution in [-0.2, 0) is 0 Å². The SMILES string of the molecule is CC(c1cccc(Cl)c1)N(C)c1cc(C(=O)O)c(Cl)cn1. The van der Waals surface area contributed by atoms with Crippen LogP contribution in [-0.4, -0.2) is 23.1 Å². The van der Waals surface area contributed by atoms with Crippen LogP contribution in [0.4, 0.5) is 5.82 Å². The van der Waals surface area contributed by atoms with Gasteiger partial charge in [-0.2, -0.15) is 0 Å². The van der Waals surface area contributed by atoms with Crippen molar-refractivity contribution in [1.29, 1.82) is 0 Å². The zero-order valence-electron chi connectivity index (χ0n) is 11.5. The molecule has 0 saturated heterocycles. The molecule has 110 valence electrons. The van der Waals surface area contributed by atoms with E-state index >= 15 is 0 Å². The van der Waals surface area contributed by atoms with Crippen LogP contribution in [0.2, 0.25) is 10.0 Å². The number of carbonyl (C=O) groups is 1. The van der Waals surface area contributed by atoms with Crippen LogP contribution in [0.1, 0.15) is 28.9 Å². The number of aromatic carboxylic acids is 1. The van der Waals surface area contributed by atoms with Crippen LogP contribution < -0.4 is 4.90 Å². The van der Waals surface area contributed by atoms with E-state index in [0.717, 1.165) is 5.56 Å².